The van der Waals surface area contributed by atoms with E-state index in [1.165, 1.54) is 41.2 Å². The van der Waals surface area contributed by atoms with Gasteiger partial charge in [-0.3, -0.25) is 19.4 Å². The Labute approximate surface area is 160 Å². The maximum atomic E-state index is 13.1. The Morgan fingerprint density at radius 1 is 1.21 bits per heavy atom. The average Bonchev–Trinajstić information content (AvgIpc) is 3.04. The SMILES string of the molecule is CC1=NN(CC(=O)c2ccc(F)cc2)C2=[N+](C1)C1C(=O)N(C)C(=O)N(C)C1=N2. The van der Waals surface area contributed by atoms with Gasteiger partial charge in [-0.2, -0.15) is 0 Å². The molecule has 144 valence electrons. The number of guanidine groups is 1. The van der Waals surface area contributed by atoms with E-state index in [0.29, 0.717) is 29.6 Å². The highest BCUT2D eigenvalue weighted by atomic mass is 19.1. The minimum atomic E-state index is -0.739. The second-order valence-corrected chi connectivity index (χ2v) is 6.86. The molecule has 4 rings (SSSR count). The van der Waals surface area contributed by atoms with Gasteiger partial charge in [0.1, 0.15) is 12.4 Å². The number of hydrogen-bond acceptors (Lipinski definition) is 6. The van der Waals surface area contributed by atoms with E-state index in [4.69, 9.17) is 0 Å². The smallest absolute Gasteiger partial charge is 0.290 e. The van der Waals surface area contributed by atoms with Crippen LogP contribution in [0.3, 0.4) is 0 Å². The highest BCUT2D eigenvalue weighted by molar-refractivity contribution is 6.23. The molecule has 1 saturated heterocycles. The lowest BCUT2D eigenvalue weighted by molar-refractivity contribution is -0.527. The third kappa shape index (κ3) is 2.68. The number of carbonyl (C=O) groups is 3. The molecule has 1 fully saturated rings. The molecule has 3 aliphatic heterocycles. The lowest BCUT2D eigenvalue weighted by atomic mass is 10.1. The minimum absolute atomic E-state index is 0.125. The van der Waals surface area contributed by atoms with Crippen LogP contribution in [0, 0.1) is 5.82 Å². The first-order chi connectivity index (χ1) is 13.3. The number of likely N-dealkylation sites (N-methyl/N-ethyl adjacent to an activating group) is 2. The van der Waals surface area contributed by atoms with Gasteiger partial charge in [-0.1, -0.05) is 4.99 Å². The van der Waals surface area contributed by atoms with Gasteiger partial charge in [-0.05, 0) is 31.2 Å². The molecule has 1 unspecified atom stereocenters. The van der Waals surface area contributed by atoms with Gasteiger partial charge in [0.15, 0.2) is 12.3 Å². The summed E-state index contributed by atoms with van der Waals surface area (Å²) in [6.45, 7) is 2.02. The van der Waals surface area contributed by atoms with Crippen LogP contribution >= 0.6 is 0 Å². The van der Waals surface area contributed by atoms with E-state index in [-0.39, 0.29) is 18.2 Å². The molecule has 0 aliphatic carbocycles. The van der Waals surface area contributed by atoms with Crippen LogP contribution in [0.2, 0.25) is 0 Å². The van der Waals surface area contributed by atoms with Crippen LogP contribution in [0.5, 0.6) is 0 Å². The van der Waals surface area contributed by atoms with Crippen molar-refractivity contribution in [3.8, 4) is 0 Å². The fraction of sp³-hybridized carbons (Fsp3) is 0.333. The third-order valence-corrected chi connectivity index (χ3v) is 4.89. The van der Waals surface area contributed by atoms with Crippen molar-refractivity contribution in [1.82, 2.24) is 14.8 Å². The van der Waals surface area contributed by atoms with Crippen LogP contribution in [0.25, 0.3) is 0 Å². The molecule has 28 heavy (non-hydrogen) atoms. The predicted octanol–water partition coefficient (Wildman–Crippen LogP) is 0.373. The van der Waals surface area contributed by atoms with E-state index < -0.39 is 17.9 Å². The molecule has 1 atom stereocenters. The molecule has 3 amide bonds. The van der Waals surface area contributed by atoms with Gasteiger partial charge in [0.25, 0.3) is 5.91 Å². The number of amidine groups is 1. The van der Waals surface area contributed by atoms with Crippen LogP contribution in [-0.4, -0.2) is 87.8 Å². The van der Waals surface area contributed by atoms with Crippen molar-refractivity contribution >= 4 is 35.2 Å². The van der Waals surface area contributed by atoms with Gasteiger partial charge >= 0.3 is 12.0 Å². The first-order valence-corrected chi connectivity index (χ1v) is 8.65. The lowest BCUT2D eigenvalue weighted by Gasteiger charge is -2.32. The Balaban J connectivity index is 1.67. The Bertz CT molecular complexity index is 997. The maximum absolute atomic E-state index is 13.1. The highest BCUT2D eigenvalue weighted by Crippen LogP contribution is 2.22. The first kappa shape index (κ1) is 18.0. The van der Waals surface area contributed by atoms with Crippen LogP contribution < -0.4 is 0 Å². The van der Waals surface area contributed by atoms with E-state index in [9.17, 15) is 18.8 Å². The van der Waals surface area contributed by atoms with Gasteiger partial charge in [0.05, 0.1) is 5.71 Å². The Morgan fingerprint density at radius 3 is 2.57 bits per heavy atom. The molecule has 0 bridgehead atoms. The molecular formula is C18H18FN6O3+. The molecule has 3 aliphatic rings. The third-order valence-electron chi connectivity index (χ3n) is 4.89. The first-order valence-electron chi connectivity index (χ1n) is 8.65. The average molecular weight is 385 g/mol. The number of ketones is 1. The summed E-state index contributed by atoms with van der Waals surface area (Å²) in [6.07, 6.45) is 0. The van der Waals surface area contributed by atoms with Gasteiger partial charge < -0.3 is 0 Å². The van der Waals surface area contributed by atoms with E-state index in [1.807, 2.05) is 0 Å². The molecule has 1 aromatic rings. The van der Waals surface area contributed by atoms with Gasteiger partial charge in [-0.25, -0.2) is 13.8 Å². The number of rotatable bonds is 3. The molecule has 10 heteroatoms. The van der Waals surface area contributed by atoms with Crippen molar-refractivity contribution in [2.45, 2.75) is 13.0 Å². The van der Waals surface area contributed by atoms with Gasteiger partial charge in [-0.15, -0.1) is 10.1 Å². The zero-order valence-corrected chi connectivity index (χ0v) is 15.6. The van der Waals surface area contributed by atoms with Crippen molar-refractivity contribution in [1.29, 1.82) is 0 Å². The fourth-order valence-electron chi connectivity index (χ4n) is 3.45. The van der Waals surface area contributed by atoms with Crippen LogP contribution in [0.15, 0.2) is 34.4 Å². The summed E-state index contributed by atoms with van der Waals surface area (Å²) in [5.74, 6) is -0.424. The molecule has 0 N–H and O–H groups in total. The zero-order chi connectivity index (χ0) is 20.2. The van der Waals surface area contributed by atoms with Crippen molar-refractivity contribution in [3.05, 3.63) is 35.6 Å². The van der Waals surface area contributed by atoms with E-state index in [1.54, 1.807) is 18.5 Å². The Morgan fingerprint density at radius 2 is 1.89 bits per heavy atom. The van der Waals surface area contributed by atoms with Gasteiger partial charge in [0.2, 0.25) is 11.9 Å². The maximum Gasteiger partial charge on any atom is 0.417 e. The van der Waals surface area contributed by atoms with E-state index in [0.717, 1.165) is 4.90 Å². The summed E-state index contributed by atoms with van der Waals surface area (Å²) < 4.78 is 14.8. The molecule has 0 radical (unpaired) electrons. The standard InChI is InChI=1S/C18H18FN6O3/c1-10-8-24-14-15(22(2)18(28)23(3)16(14)27)20-17(24)25(21-10)9-13(26)11-4-6-12(19)7-5-11/h4-7,14H,8-9H2,1-3H3/q+1. The number of carbonyl (C=O) groups excluding carboxylic acids is 3. The normalized spacial score (nSPS) is 21.6. The fourth-order valence-corrected chi connectivity index (χ4v) is 3.45. The molecule has 9 nitrogen and oxygen atoms in total. The Hall–Kier alpha value is -3.43. The van der Waals surface area contributed by atoms with E-state index in [2.05, 4.69) is 10.1 Å². The molecule has 0 aromatic heterocycles. The topological polar surface area (TPSA) is 88.7 Å². The number of nitrogens with zero attached hydrogens (tertiary/aromatic N) is 6. The van der Waals surface area contributed by atoms with Crippen molar-refractivity contribution in [2.75, 3.05) is 27.2 Å². The van der Waals surface area contributed by atoms with Crippen molar-refractivity contribution in [2.24, 2.45) is 10.1 Å². The minimum Gasteiger partial charge on any atom is -0.290 e. The number of amides is 3. The molecule has 0 spiro atoms. The van der Waals surface area contributed by atoms with Crippen LogP contribution in [0.4, 0.5) is 9.18 Å². The number of hydrazone groups is 1. The van der Waals surface area contributed by atoms with Crippen molar-refractivity contribution in [3.63, 3.8) is 0 Å². The largest absolute Gasteiger partial charge is 0.417 e. The molecular weight excluding hydrogens is 367 g/mol. The van der Waals surface area contributed by atoms with Crippen LogP contribution in [0.1, 0.15) is 17.3 Å². The molecule has 3 heterocycles. The number of urea groups is 1. The Kier molecular flexibility index (Phi) is 4.06. The summed E-state index contributed by atoms with van der Waals surface area (Å²) in [4.78, 5) is 44.3. The quantitative estimate of drug-likeness (QED) is 0.556. The van der Waals surface area contributed by atoms with Gasteiger partial charge in [0, 0.05) is 19.7 Å². The summed E-state index contributed by atoms with van der Waals surface area (Å²) in [5, 5.41) is 5.81. The molecule has 0 saturated carbocycles. The number of fused-ring (bicyclic) bond motifs is 2. The number of hydrogen-bond donors (Lipinski definition) is 0. The predicted molar refractivity (Wildman–Crippen MR) is 97.8 cm³/mol. The highest BCUT2D eigenvalue weighted by Gasteiger charge is 2.53. The number of Topliss-reactive ketones (excluding diaryl/α,β-unsaturated/α-hetero) is 1. The summed E-state index contributed by atoms with van der Waals surface area (Å²) in [5.41, 5.74) is 1.04. The lowest BCUT2D eigenvalue weighted by Crippen LogP contribution is -2.62. The zero-order valence-electron chi connectivity index (χ0n) is 15.6. The summed E-state index contributed by atoms with van der Waals surface area (Å²) in [7, 11) is 2.98. The monoisotopic (exact) mass is 385 g/mol. The number of imide groups is 1. The summed E-state index contributed by atoms with van der Waals surface area (Å²) >= 11 is 0. The molecule has 1 aromatic carbocycles. The van der Waals surface area contributed by atoms with E-state index >= 15 is 0 Å². The number of benzene rings is 1. The van der Waals surface area contributed by atoms with Crippen molar-refractivity contribution < 1.29 is 23.3 Å². The number of aliphatic imine (C=N–C) groups is 1. The second kappa shape index (κ2) is 6.32. The summed E-state index contributed by atoms with van der Waals surface area (Å²) in [6, 6.07) is 4.05. The second-order valence-electron chi connectivity index (χ2n) is 6.86. The van der Waals surface area contributed by atoms with Crippen LogP contribution in [-0.2, 0) is 4.79 Å². The number of halogens is 1.